The van der Waals surface area contributed by atoms with Crippen LogP contribution in [0.25, 0.3) is 0 Å². The number of benzene rings is 1. The van der Waals surface area contributed by atoms with Crippen LogP contribution in [0.4, 0.5) is 17.6 Å². The number of nitrogens with one attached hydrogen (secondary N) is 2. The number of rotatable bonds is 9. The number of sulfonamides is 1. The summed E-state index contributed by atoms with van der Waals surface area (Å²) in [4.78, 5) is 20.4. The van der Waals surface area contributed by atoms with Crippen molar-refractivity contribution in [2.75, 3.05) is 38.2 Å². The number of nitrogens with two attached hydrogens (primary N) is 1. The van der Waals surface area contributed by atoms with E-state index in [1.807, 2.05) is 32.0 Å². The first-order chi connectivity index (χ1) is 14.7. The molecule has 166 valence electrons. The minimum Gasteiger partial charge on any atom is -0.368 e. The molecule has 0 aliphatic heterocycles. The van der Waals surface area contributed by atoms with Crippen LogP contribution in [0.15, 0.2) is 41.3 Å². The number of anilines is 3. The molecule has 2 aromatic heterocycles. The molecule has 10 nitrogen and oxygen atoms in total. The molecule has 0 unspecified atom stereocenters. The van der Waals surface area contributed by atoms with Gasteiger partial charge in [0.05, 0.1) is 9.77 Å². The Labute approximate surface area is 185 Å². The van der Waals surface area contributed by atoms with Crippen molar-refractivity contribution < 1.29 is 13.2 Å². The van der Waals surface area contributed by atoms with Gasteiger partial charge in [0.1, 0.15) is 0 Å². The molecule has 12 heteroatoms. The number of likely N-dealkylation sites (N-methyl/N-ethyl adjacent to an activating group) is 1. The summed E-state index contributed by atoms with van der Waals surface area (Å²) < 4.78 is 28.3. The third-order valence-electron chi connectivity index (χ3n) is 4.32. The van der Waals surface area contributed by atoms with Crippen LogP contribution in [0.1, 0.15) is 21.5 Å². The van der Waals surface area contributed by atoms with E-state index in [0.29, 0.717) is 23.7 Å². The Morgan fingerprint density at radius 1 is 1.19 bits per heavy atom. The van der Waals surface area contributed by atoms with Gasteiger partial charge in [-0.25, -0.2) is 13.1 Å². The number of hydrogen-bond donors (Lipinski definition) is 3. The van der Waals surface area contributed by atoms with Crippen LogP contribution in [-0.4, -0.2) is 61.2 Å². The van der Waals surface area contributed by atoms with Crippen LogP contribution in [0, 0.1) is 0 Å². The van der Waals surface area contributed by atoms with Gasteiger partial charge in [0.2, 0.25) is 21.9 Å². The molecular weight excluding hydrogens is 438 g/mol. The molecule has 0 atom stereocenters. The van der Waals surface area contributed by atoms with E-state index < -0.39 is 10.0 Å². The Morgan fingerprint density at radius 2 is 1.90 bits per heavy atom. The first kappa shape index (κ1) is 22.9. The van der Waals surface area contributed by atoms with E-state index in [1.165, 1.54) is 23.5 Å². The van der Waals surface area contributed by atoms with Gasteiger partial charge in [-0.05, 0) is 56.9 Å². The summed E-state index contributed by atoms with van der Waals surface area (Å²) in [5.74, 6) is -0.255. The number of thiophene rings is 1. The molecule has 3 aromatic rings. The zero-order valence-electron chi connectivity index (χ0n) is 17.5. The van der Waals surface area contributed by atoms with Crippen LogP contribution in [-0.2, 0) is 16.4 Å². The Bertz CT molecular complexity index is 1150. The number of aromatic nitrogens is 3. The van der Waals surface area contributed by atoms with Gasteiger partial charge in [-0.2, -0.15) is 9.67 Å². The fourth-order valence-electron chi connectivity index (χ4n) is 2.65. The van der Waals surface area contributed by atoms with Crippen LogP contribution in [0.5, 0.6) is 0 Å². The highest BCUT2D eigenvalue weighted by molar-refractivity contribution is 7.89. The number of carbonyl (C=O) groups is 1. The Balaban J connectivity index is 1.69. The molecule has 3 rings (SSSR count). The minimum atomic E-state index is -3.59. The van der Waals surface area contributed by atoms with Crippen molar-refractivity contribution in [3.63, 3.8) is 0 Å². The number of carbonyl (C=O) groups excluding carboxylic acids is 1. The SMILES string of the molecule is CCc1ccc(C(=O)n2nc(Nc3ccc(S(=O)(=O)NCCN(C)C)cc3)nc2N)s1. The van der Waals surface area contributed by atoms with Gasteiger partial charge < -0.3 is 16.0 Å². The first-order valence-corrected chi connectivity index (χ1v) is 11.9. The highest BCUT2D eigenvalue weighted by Gasteiger charge is 2.18. The molecule has 1 aromatic carbocycles. The summed E-state index contributed by atoms with van der Waals surface area (Å²) in [6.45, 7) is 2.93. The molecule has 0 fully saturated rings. The van der Waals surface area contributed by atoms with E-state index in [1.54, 1.807) is 18.2 Å². The van der Waals surface area contributed by atoms with Crippen LogP contribution >= 0.6 is 11.3 Å². The molecule has 2 heterocycles. The summed E-state index contributed by atoms with van der Waals surface area (Å²) in [7, 11) is 0.143. The fourth-order valence-corrected chi connectivity index (χ4v) is 4.54. The van der Waals surface area contributed by atoms with Gasteiger partial charge in [-0.15, -0.1) is 16.4 Å². The van der Waals surface area contributed by atoms with Gasteiger partial charge in [0, 0.05) is 23.7 Å². The maximum absolute atomic E-state index is 12.6. The van der Waals surface area contributed by atoms with Crippen LogP contribution in [0.3, 0.4) is 0 Å². The first-order valence-electron chi connectivity index (χ1n) is 9.57. The van der Waals surface area contributed by atoms with E-state index in [0.717, 1.165) is 16.0 Å². The van der Waals surface area contributed by atoms with E-state index in [9.17, 15) is 13.2 Å². The number of hydrogen-bond acceptors (Lipinski definition) is 9. The van der Waals surface area contributed by atoms with Crippen molar-refractivity contribution in [3.05, 3.63) is 46.2 Å². The second-order valence-corrected chi connectivity index (χ2v) is 9.92. The zero-order chi connectivity index (χ0) is 22.6. The fraction of sp³-hybridized carbons (Fsp3) is 0.316. The molecule has 31 heavy (non-hydrogen) atoms. The molecule has 0 saturated carbocycles. The Kier molecular flexibility index (Phi) is 7.05. The normalized spacial score (nSPS) is 11.7. The van der Waals surface area contributed by atoms with Crippen molar-refractivity contribution in [1.82, 2.24) is 24.4 Å². The molecule has 0 bridgehead atoms. The Morgan fingerprint density at radius 3 is 2.52 bits per heavy atom. The lowest BCUT2D eigenvalue weighted by atomic mass is 10.3. The van der Waals surface area contributed by atoms with Gasteiger partial charge in [0.25, 0.3) is 5.91 Å². The minimum absolute atomic E-state index is 0.0387. The zero-order valence-corrected chi connectivity index (χ0v) is 19.1. The van der Waals surface area contributed by atoms with Crippen LogP contribution in [0.2, 0.25) is 0 Å². The van der Waals surface area contributed by atoms with Crippen molar-refractivity contribution in [3.8, 4) is 0 Å². The third-order valence-corrected chi connectivity index (χ3v) is 7.01. The molecule has 4 N–H and O–H groups in total. The molecule has 0 aliphatic carbocycles. The molecule has 0 spiro atoms. The predicted octanol–water partition coefficient (Wildman–Crippen LogP) is 1.76. The monoisotopic (exact) mass is 463 g/mol. The highest BCUT2D eigenvalue weighted by atomic mass is 32.2. The molecule has 0 amide bonds. The summed E-state index contributed by atoms with van der Waals surface area (Å²) in [6.07, 6.45) is 0.842. The van der Waals surface area contributed by atoms with Gasteiger partial charge >= 0.3 is 0 Å². The lowest BCUT2D eigenvalue weighted by Gasteiger charge is -2.11. The van der Waals surface area contributed by atoms with E-state index in [2.05, 4.69) is 20.1 Å². The summed E-state index contributed by atoms with van der Waals surface area (Å²) in [5.41, 5.74) is 6.42. The largest absolute Gasteiger partial charge is 0.368 e. The number of aryl methyl sites for hydroxylation is 1. The molecular formula is C19H25N7O3S2. The van der Waals surface area contributed by atoms with Crippen molar-refractivity contribution in [2.24, 2.45) is 0 Å². The molecule has 0 radical (unpaired) electrons. The van der Waals surface area contributed by atoms with Crippen LogP contribution < -0.4 is 15.8 Å². The quantitative estimate of drug-likeness (QED) is 0.437. The van der Waals surface area contributed by atoms with E-state index in [-0.39, 0.29) is 22.7 Å². The van der Waals surface area contributed by atoms with Crippen molar-refractivity contribution >= 4 is 44.9 Å². The lowest BCUT2D eigenvalue weighted by molar-refractivity contribution is 0.0952. The average molecular weight is 464 g/mol. The van der Waals surface area contributed by atoms with Gasteiger partial charge in [0.15, 0.2) is 0 Å². The maximum Gasteiger partial charge on any atom is 0.291 e. The summed E-state index contributed by atoms with van der Waals surface area (Å²) >= 11 is 1.39. The standard InChI is InChI=1S/C19H25N7O3S2/c1-4-14-7-10-16(30-14)17(27)26-18(20)23-19(24-26)22-13-5-8-15(9-6-13)31(28,29)21-11-12-25(2)3/h5-10,21H,4,11-12H2,1-3H3,(H3,20,22,23,24). The maximum atomic E-state index is 12.6. The Hall–Kier alpha value is -2.80. The topological polar surface area (TPSA) is 135 Å². The third kappa shape index (κ3) is 5.67. The van der Waals surface area contributed by atoms with E-state index in [4.69, 9.17) is 5.73 Å². The van der Waals surface area contributed by atoms with Gasteiger partial charge in [-0.1, -0.05) is 6.92 Å². The highest BCUT2D eigenvalue weighted by Crippen LogP contribution is 2.21. The average Bonchev–Trinajstić information content (AvgIpc) is 3.34. The smallest absolute Gasteiger partial charge is 0.291 e. The second kappa shape index (κ2) is 9.56. The molecule has 0 aliphatic rings. The number of nitrogen functional groups attached to an aromatic ring is 1. The van der Waals surface area contributed by atoms with Gasteiger partial charge in [-0.3, -0.25) is 4.79 Å². The summed E-state index contributed by atoms with van der Waals surface area (Å²) in [5, 5.41) is 7.07. The van der Waals surface area contributed by atoms with Crippen molar-refractivity contribution in [1.29, 1.82) is 0 Å². The summed E-state index contributed by atoms with van der Waals surface area (Å²) in [6, 6.07) is 9.77. The second-order valence-electron chi connectivity index (χ2n) is 6.98. The number of nitrogens with zero attached hydrogens (tertiary/aromatic N) is 4. The van der Waals surface area contributed by atoms with E-state index >= 15 is 0 Å². The lowest BCUT2D eigenvalue weighted by Crippen LogP contribution is -2.31. The molecule has 0 saturated heterocycles. The van der Waals surface area contributed by atoms with Crippen molar-refractivity contribution in [2.45, 2.75) is 18.2 Å². The predicted molar refractivity (Wildman–Crippen MR) is 121 cm³/mol.